The Balaban J connectivity index is 1.15. The third kappa shape index (κ3) is 3.24. The summed E-state index contributed by atoms with van der Waals surface area (Å²) in [7, 11) is 1.81. The molecule has 0 bridgehead atoms. The molecule has 1 saturated heterocycles. The fraction of sp³-hybridized carbons (Fsp3) is 0.391. The van der Waals surface area contributed by atoms with E-state index in [9.17, 15) is 4.79 Å². The van der Waals surface area contributed by atoms with Gasteiger partial charge < -0.3 is 19.3 Å². The number of carbonyl (C=O) groups is 1. The minimum atomic E-state index is -0.00770. The average Bonchev–Trinajstić information content (AvgIpc) is 3.57. The number of nitrogens with zero attached hydrogens (tertiary/aromatic N) is 6. The summed E-state index contributed by atoms with van der Waals surface area (Å²) < 4.78 is 12.5. The summed E-state index contributed by atoms with van der Waals surface area (Å²) in [6.07, 6.45) is 3.28. The van der Waals surface area contributed by atoms with Crippen LogP contribution in [0.2, 0.25) is 0 Å². The predicted octanol–water partition coefficient (Wildman–Crippen LogP) is 2.06. The molecule has 9 nitrogen and oxygen atoms in total. The zero-order valence-corrected chi connectivity index (χ0v) is 18.0. The molecule has 0 N–H and O–H groups in total. The van der Waals surface area contributed by atoms with Crippen LogP contribution in [0.3, 0.4) is 0 Å². The lowest BCUT2D eigenvalue weighted by molar-refractivity contribution is 0.0735. The highest BCUT2D eigenvalue weighted by molar-refractivity contribution is 5.94. The van der Waals surface area contributed by atoms with Crippen LogP contribution in [0.5, 0.6) is 11.5 Å². The van der Waals surface area contributed by atoms with Crippen LogP contribution in [-0.4, -0.2) is 63.8 Å². The number of amides is 1. The number of aromatic nitrogens is 4. The van der Waals surface area contributed by atoms with Crippen molar-refractivity contribution in [3.8, 4) is 22.8 Å². The topological polar surface area (TPSA) is 85.6 Å². The first-order valence-corrected chi connectivity index (χ1v) is 11.0. The molecule has 6 rings (SSSR count). The van der Waals surface area contributed by atoms with Gasteiger partial charge in [0.25, 0.3) is 5.91 Å². The first kappa shape index (κ1) is 19.1. The van der Waals surface area contributed by atoms with Crippen LogP contribution in [0.15, 0.2) is 30.3 Å². The van der Waals surface area contributed by atoms with Crippen molar-refractivity contribution in [3.05, 3.63) is 47.3 Å². The van der Waals surface area contributed by atoms with E-state index in [1.165, 1.54) is 5.56 Å². The summed E-state index contributed by atoms with van der Waals surface area (Å²) in [4.78, 5) is 17.3. The standard InChI is InChI=1S/C23H24N6O3/c1-27-19(13-18(26-27)16-5-6-20-21(11-16)32-14-31-20)23(30)29-9-7-28(8-10-29)22-12-15-3-2-4-17(15)24-25-22/h5-6,11-13H,2-4,7-10,14H2,1H3. The molecule has 0 spiro atoms. The molecule has 3 aromatic rings. The van der Waals surface area contributed by atoms with Crippen molar-refractivity contribution in [1.82, 2.24) is 24.9 Å². The Kier molecular flexibility index (Phi) is 4.48. The molecule has 0 unspecified atom stereocenters. The van der Waals surface area contributed by atoms with Gasteiger partial charge in [0.2, 0.25) is 6.79 Å². The van der Waals surface area contributed by atoms with E-state index >= 15 is 0 Å². The van der Waals surface area contributed by atoms with Gasteiger partial charge in [-0.2, -0.15) is 10.2 Å². The van der Waals surface area contributed by atoms with E-state index in [1.807, 2.05) is 29.2 Å². The van der Waals surface area contributed by atoms with Crippen molar-refractivity contribution in [2.24, 2.45) is 7.05 Å². The third-order valence-corrected chi connectivity index (χ3v) is 6.47. The number of carbonyl (C=O) groups excluding carboxylic acids is 1. The fourth-order valence-electron chi connectivity index (χ4n) is 4.64. The molecule has 164 valence electrons. The number of anilines is 1. The highest BCUT2D eigenvalue weighted by Gasteiger charge is 2.27. The molecular formula is C23H24N6O3. The highest BCUT2D eigenvalue weighted by Crippen LogP contribution is 2.35. The van der Waals surface area contributed by atoms with Crippen molar-refractivity contribution in [2.45, 2.75) is 19.3 Å². The van der Waals surface area contributed by atoms with Crippen LogP contribution in [0.4, 0.5) is 5.82 Å². The molecule has 2 aliphatic heterocycles. The van der Waals surface area contributed by atoms with Gasteiger partial charge in [-0.3, -0.25) is 9.48 Å². The Hall–Kier alpha value is -3.62. The van der Waals surface area contributed by atoms with Gasteiger partial charge in [-0.25, -0.2) is 0 Å². The Morgan fingerprint density at radius 1 is 0.969 bits per heavy atom. The van der Waals surface area contributed by atoms with E-state index in [2.05, 4.69) is 26.3 Å². The Bertz CT molecular complexity index is 1200. The van der Waals surface area contributed by atoms with Gasteiger partial charge in [0, 0.05) is 38.8 Å². The summed E-state index contributed by atoms with van der Waals surface area (Å²) in [5.41, 5.74) is 4.66. The molecule has 0 saturated carbocycles. The van der Waals surface area contributed by atoms with Gasteiger partial charge in [-0.05, 0) is 55.2 Å². The Labute approximate surface area is 185 Å². The summed E-state index contributed by atoms with van der Waals surface area (Å²) in [5, 5.41) is 13.4. The lowest BCUT2D eigenvalue weighted by Crippen LogP contribution is -2.49. The summed E-state index contributed by atoms with van der Waals surface area (Å²) in [6, 6.07) is 9.72. The number of ether oxygens (including phenoxy) is 2. The number of piperazine rings is 1. The van der Waals surface area contributed by atoms with Crippen molar-refractivity contribution in [3.63, 3.8) is 0 Å². The number of aryl methyl sites for hydroxylation is 3. The maximum absolute atomic E-state index is 13.2. The van der Waals surface area contributed by atoms with Crippen LogP contribution < -0.4 is 14.4 Å². The van der Waals surface area contributed by atoms with Gasteiger partial charge in [0.05, 0.1) is 11.4 Å². The van der Waals surface area contributed by atoms with Crippen molar-refractivity contribution >= 4 is 11.7 Å². The zero-order valence-electron chi connectivity index (χ0n) is 18.0. The maximum atomic E-state index is 13.2. The van der Waals surface area contributed by atoms with E-state index in [0.717, 1.165) is 60.9 Å². The fourth-order valence-corrected chi connectivity index (χ4v) is 4.64. The Morgan fingerprint density at radius 3 is 2.69 bits per heavy atom. The molecule has 4 heterocycles. The van der Waals surface area contributed by atoms with E-state index in [-0.39, 0.29) is 12.7 Å². The second-order valence-electron chi connectivity index (χ2n) is 8.41. The zero-order chi connectivity index (χ0) is 21.7. The van der Waals surface area contributed by atoms with Gasteiger partial charge >= 0.3 is 0 Å². The van der Waals surface area contributed by atoms with Crippen LogP contribution in [0.25, 0.3) is 11.3 Å². The molecule has 3 aliphatic rings. The van der Waals surface area contributed by atoms with E-state index in [4.69, 9.17) is 9.47 Å². The van der Waals surface area contributed by atoms with Gasteiger partial charge in [-0.1, -0.05) is 0 Å². The summed E-state index contributed by atoms with van der Waals surface area (Å²) in [5.74, 6) is 2.34. The van der Waals surface area contributed by atoms with Gasteiger partial charge in [0.15, 0.2) is 17.3 Å². The molecule has 1 fully saturated rings. The number of hydrogen-bond donors (Lipinski definition) is 0. The molecule has 32 heavy (non-hydrogen) atoms. The monoisotopic (exact) mass is 432 g/mol. The van der Waals surface area contributed by atoms with E-state index in [0.29, 0.717) is 24.5 Å². The van der Waals surface area contributed by atoms with E-state index in [1.54, 1.807) is 11.7 Å². The Morgan fingerprint density at radius 2 is 1.81 bits per heavy atom. The van der Waals surface area contributed by atoms with Gasteiger partial charge in [-0.15, -0.1) is 5.10 Å². The SMILES string of the molecule is Cn1nc(-c2ccc3c(c2)OCO3)cc1C(=O)N1CCN(c2cc3c(nn2)CCC3)CC1. The smallest absolute Gasteiger partial charge is 0.272 e. The molecule has 1 amide bonds. The average molecular weight is 432 g/mol. The lowest BCUT2D eigenvalue weighted by atomic mass is 10.1. The number of rotatable bonds is 3. The summed E-state index contributed by atoms with van der Waals surface area (Å²) in [6.45, 7) is 3.00. The van der Waals surface area contributed by atoms with Crippen molar-refractivity contribution in [2.75, 3.05) is 37.9 Å². The minimum absolute atomic E-state index is 0.00770. The maximum Gasteiger partial charge on any atom is 0.272 e. The van der Waals surface area contributed by atoms with E-state index < -0.39 is 0 Å². The van der Waals surface area contributed by atoms with Gasteiger partial charge in [0.1, 0.15) is 5.69 Å². The molecule has 2 aromatic heterocycles. The second kappa shape index (κ2) is 7.51. The lowest BCUT2D eigenvalue weighted by Gasteiger charge is -2.35. The van der Waals surface area contributed by atoms with Crippen LogP contribution in [-0.2, 0) is 19.9 Å². The third-order valence-electron chi connectivity index (χ3n) is 6.47. The normalized spacial score (nSPS) is 17.0. The van der Waals surface area contributed by atoms with Crippen LogP contribution in [0.1, 0.15) is 28.2 Å². The summed E-state index contributed by atoms with van der Waals surface area (Å²) >= 11 is 0. The molecular weight excluding hydrogens is 408 g/mol. The number of benzene rings is 1. The van der Waals surface area contributed by atoms with Crippen molar-refractivity contribution < 1.29 is 14.3 Å². The molecule has 0 atom stereocenters. The van der Waals surface area contributed by atoms with Crippen molar-refractivity contribution in [1.29, 1.82) is 0 Å². The molecule has 1 aliphatic carbocycles. The quantitative estimate of drug-likeness (QED) is 0.626. The molecule has 9 heteroatoms. The first-order chi connectivity index (χ1) is 15.7. The number of hydrogen-bond acceptors (Lipinski definition) is 7. The first-order valence-electron chi connectivity index (χ1n) is 11.0. The number of fused-ring (bicyclic) bond motifs is 2. The van der Waals surface area contributed by atoms with Crippen LogP contribution >= 0.6 is 0 Å². The largest absolute Gasteiger partial charge is 0.454 e. The molecule has 0 radical (unpaired) electrons. The highest BCUT2D eigenvalue weighted by atomic mass is 16.7. The predicted molar refractivity (Wildman–Crippen MR) is 117 cm³/mol. The van der Waals surface area contributed by atoms with Crippen LogP contribution in [0, 0.1) is 0 Å². The minimum Gasteiger partial charge on any atom is -0.454 e. The second-order valence-corrected chi connectivity index (χ2v) is 8.41. The molecule has 1 aromatic carbocycles.